The summed E-state index contributed by atoms with van der Waals surface area (Å²) in [7, 11) is 4.60. The number of amides is 1. The number of hydrogen-bond donors (Lipinski definition) is 1. The highest BCUT2D eigenvalue weighted by atomic mass is 16.5. The average molecular weight is 511 g/mol. The van der Waals surface area contributed by atoms with Gasteiger partial charge in [-0.1, -0.05) is 12.1 Å². The van der Waals surface area contributed by atoms with Crippen LogP contribution in [0.3, 0.4) is 0 Å². The molecule has 0 unspecified atom stereocenters. The second-order valence-electron chi connectivity index (χ2n) is 9.06. The second kappa shape index (κ2) is 11.7. The molecule has 0 bridgehead atoms. The standard InChI is InChI=1S/C28H34N2O7/c1-18-17-19(34-2)9-10-20(18)25(31)23-24(21-7-5-8-22(35-3)27(21)36-4)30(28(33)26(23)32)12-6-11-29-13-15-37-16-14-29/h5,7-10,17,24,31H,6,11-16H2,1-4H3/b25-23+/t24-/m1/s1. The number of rotatable bonds is 9. The molecule has 2 heterocycles. The number of likely N-dealkylation sites (tertiary alicyclic amines) is 1. The number of aryl methyl sites for hydroxylation is 1. The van der Waals surface area contributed by atoms with E-state index in [1.54, 1.807) is 43.5 Å². The van der Waals surface area contributed by atoms with E-state index in [0.717, 1.165) is 19.6 Å². The number of ether oxygens (including phenoxy) is 4. The molecule has 37 heavy (non-hydrogen) atoms. The van der Waals surface area contributed by atoms with Gasteiger partial charge in [0.1, 0.15) is 11.5 Å². The van der Waals surface area contributed by atoms with Crippen molar-refractivity contribution >= 4 is 17.4 Å². The molecular weight excluding hydrogens is 476 g/mol. The molecule has 2 aliphatic rings. The zero-order valence-corrected chi connectivity index (χ0v) is 21.8. The fourth-order valence-corrected chi connectivity index (χ4v) is 5.02. The number of benzene rings is 2. The van der Waals surface area contributed by atoms with E-state index in [1.807, 2.05) is 6.92 Å². The lowest BCUT2D eigenvalue weighted by Crippen LogP contribution is -2.39. The quantitative estimate of drug-likeness (QED) is 0.312. The number of methoxy groups -OCH3 is 3. The lowest BCUT2D eigenvalue weighted by Gasteiger charge is -2.30. The van der Waals surface area contributed by atoms with Crippen molar-refractivity contribution in [3.05, 3.63) is 58.7 Å². The zero-order chi connectivity index (χ0) is 26.5. The normalized spacial score (nSPS) is 19.8. The summed E-state index contributed by atoms with van der Waals surface area (Å²) in [5.74, 6) is -0.0989. The first kappa shape index (κ1) is 26.5. The second-order valence-corrected chi connectivity index (χ2v) is 9.06. The molecule has 0 spiro atoms. The summed E-state index contributed by atoms with van der Waals surface area (Å²) >= 11 is 0. The van der Waals surface area contributed by atoms with Gasteiger partial charge in [0.15, 0.2) is 11.5 Å². The molecule has 9 nitrogen and oxygen atoms in total. The van der Waals surface area contributed by atoms with Crippen LogP contribution >= 0.6 is 0 Å². The predicted octanol–water partition coefficient (Wildman–Crippen LogP) is 3.16. The summed E-state index contributed by atoms with van der Waals surface area (Å²) < 4.78 is 21.9. The Labute approximate surface area is 217 Å². The maximum Gasteiger partial charge on any atom is 0.295 e. The SMILES string of the molecule is COc1ccc(/C(O)=C2\C(=O)C(=O)N(CCCN3CCOCC3)[C@@H]2c2cccc(OC)c2OC)c(C)c1. The van der Waals surface area contributed by atoms with E-state index in [0.29, 0.717) is 60.1 Å². The molecule has 0 saturated carbocycles. The van der Waals surface area contributed by atoms with Gasteiger partial charge in [-0.15, -0.1) is 0 Å². The van der Waals surface area contributed by atoms with E-state index in [9.17, 15) is 14.7 Å². The highest BCUT2D eigenvalue weighted by molar-refractivity contribution is 6.46. The highest BCUT2D eigenvalue weighted by Crippen LogP contribution is 2.45. The molecule has 4 rings (SSSR count). The third-order valence-electron chi connectivity index (χ3n) is 6.93. The van der Waals surface area contributed by atoms with Gasteiger partial charge in [0, 0.05) is 37.3 Å². The number of nitrogens with zero attached hydrogens (tertiary/aromatic N) is 2. The van der Waals surface area contributed by atoms with Gasteiger partial charge in [-0.3, -0.25) is 14.5 Å². The third kappa shape index (κ3) is 5.28. The van der Waals surface area contributed by atoms with Gasteiger partial charge in [0.25, 0.3) is 11.7 Å². The van der Waals surface area contributed by atoms with Crippen LogP contribution in [0.2, 0.25) is 0 Å². The van der Waals surface area contributed by atoms with Crippen molar-refractivity contribution in [1.29, 1.82) is 0 Å². The third-order valence-corrected chi connectivity index (χ3v) is 6.93. The fraction of sp³-hybridized carbons (Fsp3) is 0.429. The summed E-state index contributed by atoms with van der Waals surface area (Å²) in [6.45, 7) is 5.97. The summed E-state index contributed by atoms with van der Waals surface area (Å²) in [4.78, 5) is 30.6. The number of aliphatic hydroxyl groups excluding tert-OH is 1. The molecule has 2 fully saturated rings. The van der Waals surface area contributed by atoms with Crippen LogP contribution in [0, 0.1) is 6.92 Å². The van der Waals surface area contributed by atoms with E-state index in [4.69, 9.17) is 18.9 Å². The smallest absolute Gasteiger partial charge is 0.295 e. The van der Waals surface area contributed by atoms with Gasteiger partial charge < -0.3 is 29.0 Å². The Morgan fingerprint density at radius 1 is 1.03 bits per heavy atom. The molecule has 0 aliphatic carbocycles. The predicted molar refractivity (Wildman–Crippen MR) is 138 cm³/mol. The van der Waals surface area contributed by atoms with Crippen LogP contribution in [-0.4, -0.2) is 87.3 Å². The number of carbonyl (C=O) groups excluding carboxylic acids is 2. The van der Waals surface area contributed by atoms with Gasteiger partial charge in [0.2, 0.25) is 0 Å². The summed E-state index contributed by atoms with van der Waals surface area (Å²) in [5, 5.41) is 11.5. The van der Waals surface area contributed by atoms with Crippen LogP contribution in [0.1, 0.15) is 29.2 Å². The Hall–Kier alpha value is -3.56. The van der Waals surface area contributed by atoms with Crippen LogP contribution in [-0.2, 0) is 14.3 Å². The van der Waals surface area contributed by atoms with Crippen molar-refractivity contribution < 1.29 is 33.6 Å². The minimum Gasteiger partial charge on any atom is -0.507 e. The van der Waals surface area contributed by atoms with E-state index in [2.05, 4.69) is 4.90 Å². The van der Waals surface area contributed by atoms with E-state index >= 15 is 0 Å². The van der Waals surface area contributed by atoms with E-state index in [1.165, 1.54) is 19.1 Å². The van der Waals surface area contributed by atoms with Crippen LogP contribution in [0.25, 0.3) is 5.76 Å². The Morgan fingerprint density at radius 3 is 2.43 bits per heavy atom. The Bertz CT molecular complexity index is 1190. The molecular formula is C28H34N2O7. The first-order valence-electron chi connectivity index (χ1n) is 12.4. The fourth-order valence-electron chi connectivity index (χ4n) is 5.02. The van der Waals surface area contributed by atoms with Crippen molar-refractivity contribution in [3.8, 4) is 17.2 Å². The molecule has 1 amide bonds. The molecule has 2 aromatic carbocycles. The first-order chi connectivity index (χ1) is 17.9. The molecule has 1 atom stereocenters. The number of carbonyl (C=O) groups is 2. The lowest BCUT2D eigenvalue weighted by molar-refractivity contribution is -0.140. The molecule has 9 heteroatoms. The largest absolute Gasteiger partial charge is 0.507 e. The van der Waals surface area contributed by atoms with E-state index in [-0.39, 0.29) is 11.3 Å². The van der Waals surface area contributed by atoms with Gasteiger partial charge in [-0.05, 0) is 43.2 Å². The Balaban J connectivity index is 1.78. The van der Waals surface area contributed by atoms with Crippen molar-refractivity contribution in [2.45, 2.75) is 19.4 Å². The average Bonchev–Trinajstić information content (AvgIpc) is 3.17. The van der Waals surface area contributed by atoms with Gasteiger partial charge in [-0.25, -0.2) is 0 Å². The number of ketones is 1. The minimum atomic E-state index is -0.837. The number of para-hydroxylation sites is 1. The topological polar surface area (TPSA) is 97.8 Å². The van der Waals surface area contributed by atoms with Crippen LogP contribution in [0.4, 0.5) is 0 Å². The summed E-state index contributed by atoms with van der Waals surface area (Å²) in [6, 6.07) is 9.66. The zero-order valence-electron chi connectivity index (χ0n) is 21.8. The highest BCUT2D eigenvalue weighted by Gasteiger charge is 2.47. The first-order valence-corrected chi connectivity index (χ1v) is 12.4. The van der Waals surface area contributed by atoms with Crippen molar-refractivity contribution in [3.63, 3.8) is 0 Å². The molecule has 2 aliphatic heterocycles. The number of morpholine rings is 1. The monoisotopic (exact) mass is 510 g/mol. The number of Topliss-reactive ketones (excluding diaryl/α,β-unsaturated/α-hetero) is 1. The Morgan fingerprint density at radius 2 is 1.78 bits per heavy atom. The summed E-state index contributed by atoms with van der Waals surface area (Å²) in [6.07, 6.45) is 0.664. The van der Waals surface area contributed by atoms with Crippen molar-refractivity contribution in [2.24, 2.45) is 0 Å². The molecule has 2 aromatic rings. The maximum atomic E-state index is 13.4. The Kier molecular flexibility index (Phi) is 8.35. The molecule has 1 N–H and O–H groups in total. The number of hydrogen-bond acceptors (Lipinski definition) is 8. The lowest BCUT2D eigenvalue weighted by atomic mass is 9.93. The van der Waals surface area contributed by atoms with Crippen molar-refractivity contribution in [2.75, 3.05) is 60.7 Å². The van der Waals surface area contributed by atoms with E-state index < -0.39 is 17.7 Å². The van der Waals surface area contributed by atoms with Crippen LogP contribution in [0.5, 0.6) is 17.2 Å². The van der Waals surface area contributed by atoms with Gasteiger partial charge in [0.05, 0.1) is 46.2 Å². The van der Waals surface area contributed by atoms with Crippen molar-refractivity contribution in [1.82, 2.24) is 9.80 Å². The molecule has 0 aromatic heterocycles. The van der Waals surface area contributed by atoms with Crippen LogP contribution in [0.15, 0.2) is 42.0 Å². The molecule has 2 saturated heterocycles. The molecule has 198 valence electrons. The summed E-state index contributed by atoms with van der Waals surface area (Å²) in [5.41, 5.74) is 1.77. The van der Waals surface area contributed by atoms with Gasteiger partial charge >= 0.3 is 0 Å². The maximum absolute atomic E-state index is 13.4. The minimum absolute atomic E-state index is 0.0243. The van der Waals surface area contributed by atoms with Gasteiger partial charge in [-0.2, -0.15) is 0 Å². The number of aliphatic hydroxyl groups is 1. The van der Waals surface area contributed by atoms with Crippen LogP contribution < -0.4 is 14.2 Å². The molecule has 0 radical (unpaired) electrons.